The van der Waals surface area contributed by atoms with E-state index in [9.17, 15) is 9.59 Å². The monoisotopic (exact) mass is 308 g/mol. The standard InChI is InChI=1S/C15H24N4O3/c1-4-11(2)22-10-15(21)18-7-5-13(9-18)19-8-6-14(17-19)16-12(3)20/h6,8,11,13H,4-5,7,9-10H2,1-3H3,(H,16,17,20)/t11-,13-/m1/s1. The van der Waals surface area contributed by atoms with E-state index in [2.05, 4.69) is 10.4 Å². The van der Waals surface area contributed by atoms with E-state index in [4.69, 9.17) is 4.74 Å². The zero-order chi connectivity index (χ0) is 16.1. The highest BCUT2D eigenvalue weighted by Crippen LogP contribution is 2.22. The van der Waals surface area contributed by atoms with E-state index >= 15 is 0 Å². The summed E-state index contributed by atoms with van der Waals surface area (Å²) in [6, 6.07) is 1.91. The molecule has 22 heavy (non-hydrogen) atoms. The fourth-order valence-corrected chi connectivity index (χ4v) is 2.40. The zero-order valence-corrected chi connectivity index (χ0v) is 13.4. The summed E-state index contributed by atoms with van der Waals surface area (Å²) < 4.78 is 7.31. The van der Waals surface area contributed by atoms with Crippen LogP contribution in [0.4, 0.5) is 5.82 Å². The molecule has 7 nitrogen and oxygen atoms in total. The molecular formula is C15H24N4O3. The molecule has 2 rings (SSSR count). The van der Waals surface area contributed by atoms with E-state index in [-0.39, 0.29) is 30.6 Å². The van der Waals surface area contributed by atoms with Crippen LogP contribution in [0.2, 0.25) is 0 Å². The molecule has 0 radical (unpaired) electrons. The van der Waals surface area contributed by atoms with E-state index in [0.29, 0.717) is 18.9 Å². The molecule has 2 heterocycles. The summed E-state index contributed by atoms with van der Waals surface area (Å²) in [7, 11) is 0. The predicted molar refractivity (Wildman–Crippen MR) is 82.5 cm³/mol. The third-order valence-electron chi connectivity index (χ3n) is 3.87. The number of anilines is 1. The van der Waals surface area contributed by atoms with E-state index in [1.807, 2.05) is 29.6 Å². The molecule has 122 valence electrons. The smallest absolute Gasteiger partial charge is 0.248 e. The SMILES string of the molecule is CC[C@@H](C)OCC(=O)N1CC[C@@H](n2ccc(NC(C)=O)n2)C1. The minimum Gasteiger partial charge on any atom is -0.369 e. The summed E-state index contributed by atoms with van der Waals surface area (Å²) in [4.78, 5) is 24.9. The van der Waals surface area contributed by atoms with Crippen LogP contribution in [-0.4, -0.2) is 52.3 Å². The van der Waals surface area contributed by atoms with Crippen molar-refractivity contribution in [1.29, 1.82) is 0 Å². The Morgan fingerprint density at radius 1 is 1.55 bits per heavy atom. The van der Waals surface area contributed by atoms with E-state index in [0.717, 1.165) is 12.8 Å². The second-order valence-corrected chi connectivity index (χ2v) is 5.67. The summed E-state index contributed by atoms with van der Waals surface area (Å²) in [5.41, 5.74) is 0. The van der Waals surface area contributed by atoms with E-state index < -0.39 is 0 Å². The maximum absolute atomic E-state index is 12.1. The van der Waals surface area contributed by atoms with Crippen molar-refractivity contribution >= 4 is 17.6 Å². The predicted octanol–water partition coefficient (Wildman–Crippen LogP) is 1.43. The first-order valence-corrected chi connectivity index (χ1v) is 7.71. The quantitative estimate of drug-likeness (QED) is 0.862. The number of aromatic nitrogens is 2. The van der Waals surface area contributed by atoms with Crippen LogP contribution in [0.3, 0.4) is 0 Å². The van der Waals surface area contributed by atoms with Gasteiger partial charge in [0.1, 0.15) is 6.61 Å². The number of rotatable bonds is 6. The topological polar surface area (TPSA) is 76.5 Å². The van der Waals surface area contributed by atoms with Crippen molar-refractivity contribution in [1.82, 2.24) is 14.7 Å². The lowest BCUT2D eigenvalue weighted by Gasteiger charge is -2.18. The lowest BCUT2D eigenvalue weighted by atomic mass is 10.3. The van der Waals surface area contributed by atoms with Crippen molar-refractivity contribution < 1.29 is 14.3 Å². The number of carbonyl (C=O) groups excluding carboxylic acids is 2. The van der Waals surface area contributed by atoms with Crippen molar-refractivity contribution in [3.05, 3.63) is 12.3 Å². The Kier molecular flexibility index (Phi) is 5.54. The molecule has 1 aliphatic rings. The van der Waals surface area contributed by atoms with Crippen molar-refractivity contribution in [3.63, 3.8) is 0 Å². The van der Waals surface area contributed by atoms with Crippen molar-refractivity contribution in [3.8, 4) is 0 Å². The zero-order valence-electron chi connectivity index (χ0n) is 13.4. The van der Waals surface area contributed by atoms with Gasteiger partial charge in [-0.25, -0.2) is 0 Å². The Bertz CT molecular complexity index is 529. The lowest BCUT2D eigenvalue weighted by molar-refractivity contribution is -0.137. The van der Waals surface area contributed by atoms with Crippen LogP contribution < -0.4 is 5.32 Å². The number of nitrogens with zero attached hydrogens (tertiary/aromatic N) is 3. The van der Waals surface area contributed by atoms with Gasteiger partial charge in [-0.1, -0.05) is 6.92 Å². The molecule has 1 fully saturated rings. The Hall–Kier alpha value is -1.89. The number of nitrogens with one attached hydrogen (secondary N) is 1. The van der Waals surface area contributed by atoms with Crippen LogP contribution in [-0.2, 0) is 14.3 Å². The van der Waals surface area contributed by atoms with Crippen molar-refractivity contribution in [2.45, 2.75) is 45.8 Å². The van der Waals surface area contributed by atoms with Crippen molar-refractivity contribution in [2.24, 2.45) is 0 Å². The second-order valence-electron chi connectivity index (χ2n) is 5.67. The molecule has 7 heteroatoms. The molecule has 1 N–H and O–H groups in total. The van der Waals surface area contributed by atoms with Crippen LogP contribution in [0.15, 0.2) is 12.3 Å². The molecule has 0 unspecified atom stereocenters. The molecule has 1 saturated heterocycles. The van der Waals surface area contributed by atoms with E-state index in [1.165, 1.54) is 6.92 Å². The maximum atomic E-state index is 12.1. The highest BCUT2D eigenvalue weighted by Gasteiger charge is 2.28. The minimum atomic E-state index is -0.143. The van der Waals surface area contributed by atoms with Gasteiger partial charge in [-0.05, 0) is 19.8 Å². The average molecular weight is 308 g/mol. The van der Waals surface area contributed by atoms with Gasteiger partial charge >= 0.3 is 0 Å². The number of hydrogen-bond donors (Lipinski definition) is 1. The summed E-state index contributed by atoms with van der Waals surface area (Å²) in [5.74, 6) is 0.421. The summed E-state index contributed by atoms with van der Waals surface area (Å²) in [6.07, 6.45) is 3.69. The van der Waals surface area contributed by atoms with Crippen LogP contribution >= 0.6 is 0 Å². The lowest BCUT2D eigenvalue weighted by Crippen LogP contribution is -2.33. The van der Waals surface area contributed by atoms with Gasteiger partial charge in [-0.2, -0.15) is 5.10 Å². The van der Waals surface area contributed by atoms with Crippen LogP contribution in [0.1, 0.15) is 39.7 Å². The fourth-order valence-electron chi connectivity index (χ4n) is 2.40. The molecule has 0 aliphatic carbocycles. The fraction of sp³-hybridized carbons (Fsp3) is 0.667. The van der Waals surface area contributed by atoms with Crippen LogP contribution in [0.5, 0.6) is 0 Å². The third kappa shape index (κ3) is 4.30. The number of carbonyl (C=O) groups is 2. The summed E-state index contributed by atoms with van der Waals surface area (Å²) in [6.45, 7) is 6.93. The number of amides is 2. The largest absolute Gasteiger partial charge is 0.369 e. The Labute approximate surface area is 130 Å². The molecule has 0 saturated carbocycles. The third-order valence-corrected chi connectivity index (χ3v) is 3.87. The van der Waals surface area contributed by atoms with Gasteiger partial charge in [0, 0.05) is 32.3 Å². The Morgan fingerprint density at radius 2 is 2.32 bits per heavy atom. The highest BCUT2D eigenvalue weighted by molar-refractivity contribution is 5.87. The van der Waals surface area contributed by atoms with Gasteiger partial charge in [-0.3, -0.25) is 14.3 Å². The molecule has 2 amide bonds. The first-order chi connectivity index (χ1) is 10.5. The average Bonchev–Trinajstić information content (AvgIpc) is 3.12. The normalized spacial score (nSPS) is 19.2. The molecule has 0 bridgehead atoms. The maximum Gasteiger partial charge on any atom is 0.248 e. The van der Waals surface area contributed by atoms with Gasteiger partial charge in [0.2, 0.25) is 11.8 Å². The Morgan fingerprint density at radius 3 is 3.00 bits per heavy atom. The molecule has 1 aromatic heterocycles. The molecule has 2 atom stereocenters. The molecular weight excluding hydrogens is 284 g/mol. The number of likely N-dealkylation sites (tertiary alicyclic amines) is 1. The van der Waals surface area contributed by atoms with Gasteiger partial charge in [-0.15, -0.1) is 0 Å². The van der Waals surface area contributed by atoms with Crippen molar-refractivity contribution in [2.75, 3.05) is 25.0 Å². The summed E-state index contributed by atoms with van der Waals surface area (Å²) >= 11 is 0. The second kappa shape index (κ2) is 7.40. The number of hydrogen-bond acceptors (Lipinski definition) is 4. The highest BCUT2D eigenvalue weighted by atomic mass is 16.5. The number of ether oxygens (including phenoxy) is 1. The first-order valence-electron chi connectivity index (χ1n) is 7.71. The van der Waals surface area contributed by atoms with Crippen LogP contribution in [0.25, 0.3) is 0 Å². The van der Waals surface area contributed by atoms with E-state index in [1.54, 1.807) is 6.07 Å². The van der Waals surface area contributed by atoms with Gasteiger partial charge in [0.05, 0.1) is 12.1 Å². The molecule has 0 spiro atoms. The molecule has 1 aromatic rings. The van der Waals surface area contributed by atoms with Gasteiger partial charge in [0.25, 0.3) is 0 Å². The van der Waals surface area contributed by atoms with Crippen LogP contribution in [0, 0.1) is 0 Å². The Balaban J connectivity index is 1.85. The minimum absolute atomic E-state index is 0.0250. The molecule has 0 aromatic carbocycles. The first kappa shape index (κ1) is 16.5. The molecule has 1 aliphatic heterocycles. The van der Waals surface area contributed by atoms with Gasteiger partial charge < -0.3 is 15.0 Å². The summed E-state index contributed by atoms with van der Waals surface area (Å²) in [5, 5.41) is 6.98. The van der Waals surface area contributed by atoms with Gasteiger partial charge in [0.15, 0.2) is 5.82 Å².